The molecule has 0 unspecified atom stereocenters. The lowest BCUT2D eigenvalue weighted by Gasteiger charge is -2.26. The van der Waals surface area contributed by atoms with Crippen molar-refractivity contribution in [3.8, 4) is 5.69 Å². The van der Waals surface area contributed by atoms with Gasteiger partial charge in [0.2, 0.25) is 15.8 Å². The molecular weight excluding hydrogens is 463 g/mol. The van der Waals surface area contributed by atoms with Crippen molar-refractivity contribution in [3.63, 3.8) is 0 Å². The lowest BCUT2D eigenvalue weighted by atomic mass is 10.1. The second-order valence-corrected chi connectivity index (χ2v) is 9.36. The van der Waals surface area contributed by atoms with E-state index in [2.05, 4.69) is 20.3 Å². The Morgan fingerprint density at radius 3 is 2.56 bits per heavy atom. The molecule has 1 amide bonds. The molecule has 12 heteroatoms. The van der Waals surface area contributed by atoms with E-state index in [1.165, 1.54) is 16.8 Å². The molecule has 0 aliphatic carbocycles. The number of nitrogens with one attached hydrogen (secondary N) is 1. The molecule has 34 heavy (non-hydrogen) atoms. The number of morpholine rings is 1. The number of hydrogen-bond acceptors (Lipinski definition) is 7. The Hall–Kier alpha value is -3.19. The van der Waals surface area contributed by atoms with Gasteiger partial charge < -0.3 is 10.1 Å². The average Bonchev–Trinajstić information content (AvgIpc) is 3.23. The maximum atomic E-state index is 14.9. The van der Waals surface area contributed by atoms with Crippen molar-refractivity contribution < 1.29 is 22.3 Å². The molecule has 1 aliphatic heterocycles. The number of benzene rings is 2. The van der Waals surface area contributed by atoms with Crippen molar-refractivity contribution >= 4 is 15.9 Å². The predicted octanol–water partition coefficient (Wildman–Crippen LogP) is 0.707. The van der Waals surface area contributed by atoms with E-state index in [0.29, 0.717) is 32.1 Å². The van der Waals surface area contributed by atoms with Crippen LogP contribution in [0.2, 0.25) is 0 Å². The third kappa shape index (κ3) is 5.83. The van der Waals surface area contributed by atoms with E-state index in [1.54, 1.807) is 0 Å². The number of carbonyl (C=O) groups is 1. The first-order valence-corrected chi connectivity index (χ1v) is 12.3. The van der Waals surface area contributed by atoms with Crippen molar-refractivity contribution in [2.24, 2.45) is 5.14 Å². The maximum Gasteiger partial charge on any atom is 0.291 e. The first-order chi connectivity index (χ1) is 16.3. The third-order valence-corrected chi connectivity index (χ3v) is 6.29. The van der Waals surface area contributed by atoms with E-state index in [0.717, 1.165) is 24.7 Å². The van der Waals surface area contributed by atoms with Gasteiger partial charge in [-0.05, 0) is 23.8 Å². The second kappa shape index (κ2) is 10.4. The molecule has 1 saturated heterocycles. The summed E-state index contributed by atoms with van der Waals surface area (Å²) in [5.41, 5.74) is 0.843. The number of amides is 1. The fraction of sp³-hybridized carbons (Fsp3) is 0.318. The molecule has 3 aromatic rings. The minimum absolute atomic E-state index is 0.0433. The van der Waals surface area contributed by atoms with Gasteiger partial charge in [-0.25, -0.2) is 27.6 Å². The topological polar surface area (TPSA) is 132 Å². The molecule has 1 aromatic heterocycles. The molecule has 1 aliphatic rings. The minimum atomic E-state index is -4.07. The van der Waals surface area contributed by atoms with E-state index >= 15 is 0 Å². The lowest BCUT2D eigenvalue weighted by molar-refractivity contribution is 0.0383. The number of nitrogens with zero attached hydrogens (tertiary/aromatic N) is 4. The largest absolute Gasteiger partial charge is 0.379 e. The van der Waals surface area contributed by atoms with Crippen molar-refractivity contribution in [3.05, 3.63) is 71.6 Å². The van der Waals surface area contributed by atoms with Gasteiger partial charge >= 0.3 is 0 Å². The van der Waals surface area contributed by atoms with Crippen LogP contribution in [0.3, 0.4) is 0 Å². The molecule has 180 valence electrons. The van der Waals surface area contributed by atoms with Crippen LogP contribution >= 0.6 is 0 Å². The highest BCUT2D eigenvalue weighted by Crippen LogP contribution is 2.20. The standard InChI is InChI=1S/C22H25FN6O4S/c23-18-15-17(34(24,31)32)6-7-19(18)29-20(14-16-4-2-1-3-5-16)26-21(27-29)22(30)25-8-9-28-10-12-33-13-11-28/h1-7,15H,8-14H2,(H,25,30)(H2,24,31,32). The summed E-state index contributed by atoms with van der Waals surface area (Å²) in [7, 11) is -4.07. The number of carbonyl (C=O) groups excluding carboxylic acids is 1. The number of ether oxygens (including phenoxy) is 1. The highest BCUT2D eigenvalue weighted by atomic mass is 32.2. The Balaban J connectivity index is 1.59. The fourth-order valence-electron chi connectivity index (χ4n) is 3.59. The molecule has 0 bridgehead atoms. The molecule has 0 saturated carbocycles. The van der Waals surface area contributed by atoms with Crippen LogP contribution in [0.1, 0.15) is 22.0 Å². The molecule has 1 fully saturated rings. The molecular formula is C22H25FN6O4S. The monoisotopic (exact) mass is 488 g/mol. The highest BCUT2D eigenvalue weighted by molar-refractivity contribution is 7.89. The zero-order valence-electron chi connectivity index (χ0n) is 18.4. The number of halogens is 1. The van der Waals surface area contributed by atoms with Crippen LogP contribution < -0.4 is 10.5 Å². The summed E-state index contributed by atoms with van der Waals surface area (Å²) in [5.74, 6) is -1.12. The zero-order valence-corrected chi connectivity index (χ0v) is 19.2. The average molecular weight is 489 g/mol. The van der Waals surface area contributed by atoms with E-state index < -0.39 is 21.7 Å². The molecule has 2 aromatic carbocycles. The van der Waals surface area contributed by atoms with Crippen molar-refractivity contribution in [1.29, 1.82) is 0 Å². The van der Waals surface area contributed by atoms with Crippen molar-refractivity contribution in [1.82, 2.24) is 25.0 Å². The molecule has 0 spiro atoms. The normalized spacial score (nSPS) is 14.8. The number of rotatable bonds is 8. The van der Waals surface area contributed by atoms with Crippen molar-refractivity contribution in [2.45, 2.75) is 11.3 Å². The van der Waals surface area contributed by atoms with Gasteiger partial charge in [0.15, 0.2) is 0 Å². The lowest BCUT2D eigenvalue weighted by Crippen LogP contribution is -2.41. The second-order valence-electron chi connectivity index (χ2n) is 7.79. The number of hydrogen-bond donors (Lipinski definition) is 2. The number of aromatic nitrogens is 3. The Kier molecular flexibility index (Phi) is 7.32. The van der Waals surface area contributed by atoms with E-state index in [-0.39, 0.29) is 22.8 Å². The van der Waals surface area contributed by atoms with Crippen LogP contribution in [0.5, 0.6) is 0 Å². The van der Waals surface area contributed by atoms with Gasteiger partial charge in [0, 0.05) is 32.6 Å². The first-order valence-electron chi connectivity index (χ1n) is 10.7. The SMILES string of the molecule is NS(=O)(=O)c1ccc(-n2nc(C(=O)NCCN3CCOCC3)nc2Cc2ccccc2)c(F)c1. The van der Waals surface area contributed by atoms with Crippen LogP contribution in [0.15, 0.2) is 53.4 Å². The molecule has 0 atom stereocenters. The minimum Gasteiger partial charge on any atom is -0.379 e. The summed E-state index contributed by atoms with van der Waals surface area (Å²) in [4.78, 5) is 18.9. The van der Waals surface area contributed by atoms with Gasteiger partial charge in [0.25, 0.3) is 5.91 Å². The Morgan fingerprint density at radius 2 is 1.88 bits per heavy atom. The van der Waals surface area contributed by atoms with Gasteiger partial charge in [-0.2, -0.15) is 0 Å². The van der Waals surface area contributed by atoms with Crippen molar-refractivity contribution in [2.75, 3.05) is 39.4 Å². The van der Waals surface area contributed by atoms with Gasteiger partial charge in [-0.1, -0.05) is 30.3 Å². The van der Waals surface area contributed by atoms with Gasteiger partial charge in [-0.15, -0.1) is 5.10 Å². The van der Waals surface area contributed by atoms with E-state index in [1.807, 2.05) is 30.3 Å². The first kappa shape index (κ1) is 24.0. The molecule has 4 rings (SSSR count). The van der Waals surface area contributed by atoms with Gasteiger partial charge in [-0.3, -0.25) is 9.69 Å². The smallest absolute Gasteiger partial charge is 0.291 e. The Bertz CT molecular complexity index is 1260. The summed E-state index contributed by atoms with van der Waals surface area (Å²) in [6.45, 7) is 4.00. The fourth-order valence-corrected chi connectivity index (χ4v) is 4.12. The van der Waals surface area contributed by atoms with Crippen LogP contribution in [0.25, 0.3) is 5.69 Å². The van der Waals surface area contributed by atoms with Gasteiger partial charge in [0.1, 0.15) is 17.3 Å². The van der Waals surface area contributed by atoms with Crippen LogP contribution in [0, 0.1) is 5.82 Å². The zero-order chi connectivity index (χ0) is 24.1. The van der Waals surface area contributed by atoms with Crippen LogP contribution in [-0.4, -0.2) is 73.4 Å². The molecule has 10 nitrogen and oxygen atoms in total. The van der Waals surface area contributed by atoms with Gasteiger partial charge in [0.05, 0.1) is 18.1 Å². The predicted molar refractivity (Wildman–Crippen MR) is 122 cm³/mol. The summed E-state index contributed by atoms with van der Waals surface area (Å²) in [5, 5.41) is 12.1. The van der Waals surface area contributed by atoms with Crippen LogP contribution in [0.4, 0.5) is 4.39 Å². The summed E-state index contributed by atoms with van der Waals surface area (Å²) in [6, 6.07) is 12.6. The van der Waals surface area contributed by atoms with E-state index in [9.17, 15) is 17.6 Å². The number of primary sulfonamides is 1. The number of sulfonamides is 1. The molecule has 2 heterocycles. The Morgan fingerprint density at radius 1 is 1.15 bits per heavy atom. The summed E-state index contributed by atoms with van der Waals surface area (Å²) < 4.78 is 44.5. The quantitative estimate of drug-likeness (QED) is 0.477. The molecule has 3 N–H and O–H groups in total. The number of nitrogens with two attached hydrogens (primary N) is 1. The Labute approximate surface area is 196 Å². The van der Waals surface area contributed by atoms with Crippen LogP contribution in [-0.2, 0) is 21.2 Å². The highest BCUT2D eigenvalue weighted by Gasteiger charge is 2.21. The summed E-state index contributed by atoms with van der Waals surface area (Å²) >= 11 is 0. The maximum absolute atomic E-state index is 14.9. The van der Waals surface area contributed by atoms with E-state index in [4.69, 9.17) is 9.88 Å². The molecule has 0 radical (unpaired) electrons. The third-order valence-electron chi connectivity index (χ3n) is 5.38. The summed E-state index contributed by atoms with van der Waals surface area (Å²) in [6.07, 6.45) is 0.283.